The highest BCUT2D eigenvalue weighted by Crippen LogP contribution is 2.11. The SMILES string of the molecule is CC(C)CCNC(C)Cc1ccc(O)cc1. The van der Waals surface area contributed by atoms with Gasteiger partial charge in [0, 0.05) is 6.04 Å². The molecule has 0 bridgehead atoms. The van der Waals surface area contributed by atoms with Gasteiger partial charge in [-0.15, -0.1) is 0 Å². The Balaban J connectivity index is 2.28. The number of hydrogen-bond donors (Lipinski definition) is 2. The minimum atomic E-state index is 0.337. The fourth-order valence-corrected chi connectivity index (χ4v) is 1.68. The van der Waals surface area contributed by atoms with Crippen molar-refractivity contribution in [1.29, 1.82) is 0 Å². The standard InChI is InChI=1S/C14H23NO/c1-11(2)8-9-15-12(3)10-13-4-6-14(16)7-5-13/h4-7,11-12,15-16H,8-10H2,1-3H3. The molecule has 0 fully saturated rings. The van der Waals surface area contributed by atoms with Gasteiger partial charge in [0.1, 0.15) is 5.75 Å². The topological polar surface area (TPSA) is 32.3 Å². The lowest BCUT2D eigenvalue weighted by Crippen LogP contribution is -2.29. The maximum atomic E-state index is 9.18. The zero-order chi connectivity index (χ0) is 12.0. The number of rotatable bonds is 6. The largest absolute Gasteiger partial charge is 0.508 e. The van der Waals surface area contributed by atoms with Crippen LogP contribution in [0.3, 0.4) is 0 Å². The first kappa shape index (κ1) is 13.0. The summed E-state index contributed by atoms with van der Waals surface area (Å²) in [5, 5.41) is 12.7. The van der Waals surface area contributed by atoms with Gasteiger partial charge < -0.3 is 10.4 Å². The van der Waals surface area contributed by atoms with Gasteiger partial charge in [0.2, 0.25) is 0 Å². The molecule has 0 saturated carbocycles. The molecule has 2 nitrogen and oxygen atoms in total. The van der Waals surface area contributed by atoms with E-state index in [-0.39, 0.29) is 0 Å². The smallest absolute Gasteiger partial charge is 0.115 e. The molecule has 0 aromatic heterocycles. The molecule has 90 valence electrons. The number of nitrogens with one attached hydrogen (secondary N) is 1. The van der Waals surface area contributed by atoms with Crippen molar-refractivity contribution in [2.45, 2.75) is 39.7 Å². The summed E-state index contributed by atoms with van der Waals surface area (Å²) in [6, 6.07) is 7.95. The van der Waals surface area contributed by atoms with Crippen molar-refractivity contribution in [2.75, 3.05) is 6.54 Å². The van der Waals surface area contributed by atoms with Crippen molar-refractivity contribution >= 4 is 0 Å². The molecule has 0 aliphatic carbocycles. The second-order valence-electron chi connectivity index (χ2n) is 4.91. The number of hydrogen-bond acceptors (Lipinski definition) is 2. The van der Waals surface area contributed by atoms with E-state index in [1.807, 2.05) is 12.1 Å². The van der Waals surface area contributed by atoms with Crippen molar-refractivity contribution in [3.8, 4) is 5.75 Å². The van der Waals surface area contributed by atoms with Gasteiger partial charge in [-0.25, -0.2) is 0 Å². The third-order valence-electron chi connectivity index (χ3n) is 2.69. The molecule has 1 aromatic rings. The fourth-order valence-electron chi connectivity index (χ4n) is 1.68. The zero-order valence-corrected chi connectivity index (χ0v) is 10.5. The first-order valence-electron chi connectivity index (χ1n) is 6.09. The van der Waals surface area contributed by atoms with E-state index in [1.54, 1.807) is 12.1 Å². The minimum Gasteiger partial charge on any atom is -0.508 e. The van der Waals surface area contributed by atoms with E-state index in [9.17, 15) is 5.11 Å². The highest BCUT2D eigenvalue weighted by Gasteiger charge is 2.03. The second kappa shape index (κ2) is 6.54. The lowest BCUT2D eigenvalue weighted by atomic mass is 10.1. The van der Waals surface area contributed by atoms with Crippen LogP contribution in [0.1, 0.15) is 32.8 Å². The van der Waals surface area contributed by atoms with Gasteiger partial charge in [-0.1, -0.05) is 26.0 Å². The van der Waals surface area contributed by atoms with E-state index in [2.05, 4.69) is 26.1 Å². The van der Waals surface area contributed by atoms with Gasteiger partial charge in [0.25, 0.3) is 0 Å². The predicted octanol–water partition coefficient (Wildman–Crippen LogP) is 2.96. The summed E-state index contributed by atoms with van der Waals surface area (Å²) in [6.45, 7) is 7.77. The van der Waals surface area contributed by atoms with Crippen LogP contribution in [0.25, 0.3) is 0 Å². The lowest BCUT2D eigenvalue weighted by molar-refractivity contribution is 0.473. The average Bonchev–Trinajstić information content (AvgIpc) is 2.21. The van der Waals surface area contributed by atoms with Crippen LogP contribution >= 0.6 is 0 Å². The highest BCUT2D eigenvalue weighted by molar-refractivity contribution is 5.26. The van der Waals surface area contributed by atoms with Crippen molar-refractivity contribution in [1.82, 2.24) is 5.32 Å². The molecular formula is C14H23NO. The maximum Gasteiger partial charge on any atom is 0.115 e. The summed E-state index contributed by atoms with van der Waals surface area (Å²) in [7, 11) is 0. The number of phenolic OH excluding ortho intramolecular Hbond substituents is 1. The Morgan fingerprint density at radius 2 is 1.75 bits per heavy atom. The van der Waals surface area contributed by atoms with Gasteiger partial charge in [0.15, 0.2) is 0 Å². The first-order chi connectivity index (χ1) is 7.58. The fraction of sp³-hybridized carbons (Fsp3) is 0.571. The Labute approximate surface area is 98.7 Å². The van der Waals surface area contributed by atoms with E-state index in [0.717, 1.165) is 18.9 Å². The van der Waals surface area contributed by atoms with Crippen LogP contribution in [0.15, 0.2) is 24.3 Å². The Morgan fingerprint density at radius 3 is 2.31 bits per heavy atom. The summed E-state index contributed by atoms with van der Waals surface area (Å²) < 4.78 is 0. The van der Waals surface area contributed by atoms with E-state index >= 15 is 0 Å². The van der Waals surface area contributed by atoms with E-state index in [1.165, 1.54) is 12.0 Å². The number of aromatic hydroxyl groups is 1. The Hall–Kier alpha value is -1.02. The molecule has 0 spiro atoms. The van der Waals surface area contributed by atoms with Crippen molar-refractivity contribution in [3.05, 3.63) is 29.8 Å². The third-order valence-corrected chi connectivity index (χ3v) is 2.69. The van der Waals surface area contributed by atoms with Crippen LogP contribution in [0.4, 0.5) is 0 Å². The van der Waals surface area contributed by atoms with Crippen LogP contribution < -0.4 is 5.32 Å². The molecule has 1 unspecified atom stereocenters. The van der Waals surface area contributed by atoms with E-state index in [4.69, 9.17) is 0 Å². The zero-order valence-electron chi connectivity index (χ0n) is 10.5. The summed E-state index contributed by atoms with van der Waals surface area (Å²) in [5.74, 6) is 1.09. The van der Waals surface area contributed by atoms with Crippen LogP contribution in [-0.4, -0.2) is 17.7 Å². The highest BCUT2D eigenvalue weighted by atomic mass is 16.3. The van der Waals surface area contributed by atoms with Gasteiger partial charge >= 0.3 is 0 Å². The van der Waals surface area contributed by atoms with Gasteiger partial charge in [-0.05, 0) is 49.9 Å². The summed E-state index contributed by atoms with van der Waals surface area (Å²) in [4.78, 5) is 0. The molecular weight excluding hydrogens is 198 g/mol. The average molecular weight is 221 g/mol. The van der Waals surface area contributed by atoms with Gasteiger partial charge in [-0.2, -0.15) is 0 Å². The second-order valence-corrected chi connectivity index (χ2v) is 4.91. The van der Waals surface area contributed by atoms with Crippen LogP contribution in [0.5, 0.6) is 5.75 Å². The monoisotopic (exact) mass is 221 g/mol. The van der Waals surface area contributed by atoms with Crippen molar-refractivity contribution < 1.29 is 5.11 Å². The summed E-state index contributed by atoms with van der Waals surface area (Å²) >= 11 is 0. The molecule has 0 aliphatic rings. The number of benzene rings is 1. The molecule has 1 rings (SSSR count). The van der Waals surface area contributed by atoms with E-state index in [0.29, 0.717) is 11.8 Å². The van der Waals surface area contributed by atoms with Crippen molar-refractivity contribution in [2.24, 2.45) is 5.92 Å². The molecule has 0 saturated heterocycles. The Bertz CT molecular complexity index is 292. The Kier molecular flexibility index (Phi) is 5.33. The van der Waals surface area contributed by atoms with E-state index < -0.39 is 0 Å². The van der Waals surface area contributed by atoms with Crippen LogP contribution in [0, 0.1) is 5.92 Å². The van der Waals surface area contributed by atoms with Crippen molar-refractivity contribution in [3.63, 3.8) is 0 Å². The predicted molar refractivity (Wildman–Crippen MR) is 68.7 cm³/mol. The molecule has 1 aromatic carbocycles. The summed E-state index contributed by atoms with van der Waals surface area (Å²) in [5.41, 5.74) is 1.27. The molecule has 0 radical (unpaired) electrons. The molecule has 0 heterocycles. The van der Waals surface area contributed by atoms with Crippen LogP contribution in [0.2, 0.25) is 0 Å². The summed E-state index contributed by atoms with van der Waals surface area (Å²) in [6.07, 6.45) is 2.23. The molecule has 0 amide bonds. The maximum absolute atomic E-state index is 9.18. The van der Waals surface area contributed by atoms with Gasteiger partial charge in [-0.3, -0.25) is 0 Å². The molecule has 1 atom stereocenters. The molecule has 2 heteroatoms. The molecule has 0 aliphatic heterocycles. The third kappa shape index (κ3) is 5.17. The number of phenols is 1. The molecule has 2 N–H and O–H groups in total. The normalized spacial score (nSPS) is 13.0. The van der Waals surface area contributed by atoms with Crippen LogP contribution in [-0.2, 0) is 6.42 Å². The lowest BCUT2D eigenvalue weighted by Gasteiger charge is -2.14. The molecule has 16 heavy (non-hydrogen) atoms. The van der Waals surface area contributed by atoms with Gasteiger partial charge in [0.05, 0.1) is 0 Å². The minimum absolute atomic E-state index is 0.337. The Morgan fingerprint density at radius 1 is 1.12 bits per heavy atom. The first-order valence-corrected chi connectivity index (χ1v) is 6.09. The quantitative estimate of drug-likeness (QED) is 0.774.